The first-order valence-corrected chi connectivity index (χ1v) is 3.75. The molecule has 1 nitrogen and oxygen atoms in total. The summed E-state index contributed by atoms with van der Waals surface area (Å²) in [5, 5.41) is 0. The van der Waals surface area contributed by atoms with Gasteiger partial charge in [-0.25, -0.2) is 0 Å². The van der Waals surface area contributed by atoms with E-state index in [-0.39, 0.29) is 12.4 Å². The van der Waals surface area contributed by atoms with E-state index >= 15 is 0 Å². The summed E-state index contributed by atoms with van der Waals surface area (Å²) in [6.07, 6.45) is 2.82. The number of allylic oxidation sites excluding steroid dienone is 1. The van der Waals surface area contributed by atoms with Crippen LogP contribution in [0.1, 0.15) is 11.1 Å². The SMILES string of the molecule is C=CCc1cccc(CN)c1.Cl. The lowest BCUT2D eigenvalue weighted by Gasteiger charge is -1.99. The number of nitrogens with two attached hydrogens (primary N) is 1. The van der Waals surface area contributed by atoms with Crippen molar-refractivity contribution in [1.82, 2.24) is 0 Å². The third-order valence-corrected chi connectivity index (χ3v) is 1.61. The van der Waals surface area contributed by atoms with Crippen LogP contribution >= 0.6 is 12.4 Å². The molecule has 0 aliphatic carbocycles. The summed E-state index contributed by atoms with van der Waals surface area (Å²) in [5.41, 5.74) is 7.95. The summed E-state index contributed by atoms with van der Waals surface area (Å²) in [6, 6.07) is 8.26. The van der Waals surface area contributed by atoms with Gasteiger partial charge in [0.25, 0.3) is 0 Å². The number of halogens is 1. The molecule has 0 heterocycles. The molecule has 1 aromatic carbocycles. The fourth-order valence-corrected chi connectivity index (χ4v) is 1.05. The van der Waals surface area contributed by atoms with Gasteiger partial charge in [0.2, 0.25) is 0 Å². The van der Waals surface area contributed by atoms with Crippen LogP contribution in [0.5, 0.6) is 0 Å². The Balaban J connectivity index is 0.00000121. The normalized spacial score (nSPS) is 8.75. The van der Waals surface area contributed by atoms with Crippen LogP contribution < -0.4 is 5.73 Å². The van der Waals surface area contributed by atoms with Crippen LogP contribution in [-0.2, 0) is 13.0 Å². The van der Waals surface area contributed by atoms with Crippen molar-refractivity contribution in [3.63, 3.8) is 0 Å². The Hall–Kier alpha value is -0.790. The molecule has 0 aliphatic heterocycles. The molecule has 1 rings (SSSR count). The van der Waals surface area contributed by atoms with Gasteiger partial charge in [0.05, 0.1) is 0 Å². The molecule has 0 bridgehead atoms. The van der Waals surface area contributed by atoms with E-state index in [1.54, 1.807) is 0 Å². The van der Waals surface area contributed by atoms with E-state index in [1.165, 1.54) is 11.1 Å². The van der Waals surface area contributed by atoms with Gasteiger partial charge in [-0.15, -0.1) is 19.0 Å². The zero-order valence-corrected chi connectivity index (χ0v) is 7.81. The Labute approximate surface area is 79.7 Å². The van der Waals surface area contributed by atoms with Gasteiger partial charge in [0.15, 0.2) is 0 Å². The predicted molar refractivity (Wildman–Crippen MR) is 55.5 cm³/mol. The second-order valence-electron chi connectivity index (χ2n) is 2.52. The van der Waals surface area contributed by atoms with E-state index in [0.717, 1.165) is 6.42 Å². The van der Waals surface area contributed by atoms with Crippen molar-refractivity contribution in [2.24, 2.45) is 5.73 Å². The van der Waals surface area contributed by atoms with Crippen molar-refractivity contribution < 1.29 is 0 Å². The summed E-state index contributed by atoms with van der Waals surface area (Å²) >= 11 is 0. The van der Waals surface area contributed by atoms with Gasteiger partial charge in [-0.3, -0.25) is 0 Å². The largest absolute Gasteiger partial charge is 0.326 e. The van der Waals surface area contributed by atoms with E-state index in [0.29, 0.717) is 6.54 Å². The molecule has 0 radical (unpaired) electrons. The molecule has 0 aromatic heterocycles. The Kier molecular flexibility index (Phi) is 5.43. The molecule has 0 aliphatic rings. The summed E-state index contributed by atoms with van der Waals surface area (Å²) in [5.74, 6) is 0. The van der Waals surface area contributed by atoms with Crippen molar-refractivity contribution in [2.75, 3.05) is 0 Å². The van der Waals surface area contributed by atoms with Crippen LogP contribution in [0.2, 0.25) is 0 Å². The number of rotatable bonds is 3. The fourth-order valence-electron chi connectivity index (χ4n) is 1.05. The minimum atomic E-state index is 0. The Morgan fingerprint density at radius 3 is 2.58 bits per heavy atom. The Morgan fingerprint density at radius 2 is 2.00 bits per heavy atom. The topological polar surface area (TPSA) is 26.0 Å². The van der Waals surface area contributed by atoms with Gasteiger partial charge in [0, 0.05) is 6.54 Å². The molecule has 0 amide bonds. The average molecular weight is 184 g/mol. The van der Waals surface area contributed by atoms with Crippen molar-refractivity contribution in [1.29, 1.82) is 0 Å². The molecule has 66 valence electrons. The molecular formula is C10H14ClN. The highest BCUT2D eigenvalue weighted by molar-refractivity contribution is 5.85. The van der Waals surface area contributed by atoms with E-state index < -0.39 is 0 Å². The van der Waals surface area contributed by atoms with Crippen LogP contribution in [-0.4, -0.2) is 0 Å². The average Bonchev–Trinajstić information content (AvgIpc) is 2.06. The summed E-state index contributed by atoms with van der Waals surface area (Å²) in [6.45, 7) is 4.30. The van der Waals surface area contributed by atoms with Crippen molar-refractivity contribution in [3.8, 4) is 0 Å². The van der Waals surface area contributed by atoms with Gasteiger partial charge in [-0.2, -0.15) is 0 Å². The van der Waals surface area contributed by atoms with Crippen molar-refractivity contribution in [3.05, 3.63) is 48.0 Å². The van der Waals surface area contributed by atoms with E-state index in [1.807, 2.05) is 18.2 Å². The van der Waals surface area contributed by atoms with Crippen molar-refractivity contribution in [2.45, 2.75) is 13.0 Å². The summed E-state index contributed by atoms with van der Waals surface area (Å²) < 4.78 is 0. The van der Waals surface area contributed by atoms with E-state index in [4.69, 9.17) is 5.73 Å². The van der Waals surface area contributed by atoms with E-state index in [9.17, 15) is 0 Å². The third-order valence-electron chi connectivity index (χ3n) is 1.61. The Morgan fingerprint density at radius 1 is 1.33 bits per heavy atom. The highest BCUT2D eigenvalue weighted by Crippen LogP contribution is 2.05. The molecule has 2 heteroatoms. The molecule has 0 fully saturated rings. The monoisotopic (exact) mass is 183 g/mol. The van der Waals surface area contributed by atoms with Crippen LogP contribution in [0.4, 0.5) is 0 Å². The van der Waals surface area contributed by atoms with Crippen LogP contribution in [0.3, 0.4) is 0 Å². The zero-order chi connectivity index (χ0) is 8.10. The van der Waals surface area contributed by atoms with Gasteiger partial charge in [0.1, 0.15) is 0 Å². The highest BCUT2D eigenvalue weighted by atomic mass is 35.5. The molecule has 0 saturated heterocycles. The minimum absolute atomic E-state index is 0. The van der Waals surface area contributed by atoms with Crippen LogP contribution in [0.15, 0.2) is 36.9 Å². The standard InChI is InChI=1S/C10H13N.ClH/c1-2-4-9-5-3-6-10(7-9)8-11;/h2-3,5-7H,1,4,8,11H2;1H. The molecular weight excluding hydrogens is 170 g/mol. The predicted octanol–water partition coefficient (Wildman–Crippen LogP) is 2.30. The lowest BCUT2D eigenvalue weighted by Crippen LogP contribution is -1.96. The van der Waals surface area contributed by atoms with Gasteiger partial charge >= 0.3 is 0 Å². The third kappa shape index (κ3) is 3.07. The van der Waals surface area contributed by atoms with Gasteiger partial charge < -0.3 is 5.73 Å². The first-order chi connectivity index (χ1) is 5.36. The molecule has 0 spiro atoms. The second kappa shape index (κ2) is 5.81. The van der Waals surface area contributed by atoms with Crippen LogP contribution in [0, 0.1) is 0 Å². The molecule has 2 N–H and O–H groups in total. The molecule has 12 heavy (non-hydrogen) atoms. The van der Waals surface area contributed by atoms with E-state index in [2.05, 4.69) is 18.7 Å². The maximum absolute atomic E-state index is 5.49. The Bertz CT molecular complexity index is 245. The van der Waals surface area contributed by atoms with Gasteiger partial charge in [-0.1, -0.05) is 30.3 Å². The second-order valence-corrected chi connectivity index (χ2v) is 2.52. The first kappa shape index (κ1) is 11.2. The molecule has 0 unspecified atom stereocenters. The maximum atomic E-state index is 5.49. The highest BCUT2D eigenvalue weighted by Gasteiger charge is 1.90. The minimum Gasteiger partial charge on any atom is -0.326 e. The summed E-state index contributed by atoms with van der Waals surface area (Å²) in [7, 11) is 0. The zero-order valence-electron chi connectivity index (χ0n) is 6.99. The first-order valence-electron chi connectivity index (χ1n) is 3.75. The van der Waals surface area contributed by atoms with Crippen molar-refractivity contribution >= 4 is 12.4 Å². The maximum Gasteiger partial charge on any atom is 0.0178 e. The lowest BCUT2D eigenvalue weighted by atomic mass is 10.1. The fraction of sp³-hybridized carbons (Fsp3) is 0.200. The number of hydrogen-bond acceptors (Lipinski definition) is 1. The molecule has 0 saturated carbocycles. The molecule has 0 atom stereocenters. The summed E-state index contributed by atoms with van der Waals surface area (Å²) in [4.78, 5) is 0. The van der Waals surface area contributed by atoms with Gasteiger partial charge in [-0.05, 0) is 17.5 Å². The lowest BCUT2D eigenvalue weighted by molar-refractivity contribution is 1.06. The quantitative estimate of drug-likeness (QED) is 0.716. The van der Waals surface area contributed by atoms with Crippen LogP contribution in [0.25, 0.3) is 0 Å². The molecule has 1 aromatic rings. The number of benzene rings is 1. The number of hydrogen-bond donors (Lipinski definition) is 1. The smallest absolute Gasteiger partial charge is 0.0178 e.